The summed E-state index contributed by atoms with van der Waals surface area (Å²) in [5.74, 6) is 1.71. The summed E-state index contributed by atoms with van der Waals surface area (Å²) in [6.07, 6.45) is 0. The average molecular weight is 263 g/mol. The number of hydrogen-bond donors (Lipinski definition) is 1. The molecule has 1 aromatic rings. The van der Waals surface area contributed by atoms with Crippen molar-refractivity contribution in [2.45, 2.75) is 6.92 Å². The van der Waals surface area contributed by atoms with E-state index in [-0.39, 0.29) is 0 Å². The number of benzene rings is 1. The Balaban J connectivity index is 1.73. The molecule has 0 atom stereocenters. The Morgan fingerprint density at radius 1 is 1.21 bits per heavy atom. The molecule has 3 rings (SSSR count). The zero-order valence-corrected chi connectivity index (χ0v) is 11.6. The molecule has 0 bridgehead atoms. The highest BCUT2D eigenvalue weighted by molar-refractivity contribution is 5.61. The van der Waals surface area contributed by atoms with Gasteiger partial charge in [0.15, 0.2) is 11.5 Å². The lowest BCUT2D eigenvalue weighted by Crippen LogP contribution is -2.47. The van der Waals surface area contributed by atoms with E-state index in [2.05, 4.69) is 41.2 Å². The maximum Gasteiger partial charge on any atom is 0.231 e. The van der Waals surface area contributed by atoms with E-state index in [0.717, 1.165) is 44.3 Å². The summed E-state index contributed by atoms with van der Waals surface area (Å²) in [6.45, 7) is 7.76. The normalized spacial score (nSPS) is 18.6. The molecule has 5 heteroatoms. The molecule has 1 N–H and O–H groups in total. The molecule has 0 radical (unpaired) electrons. The first-order chi connectivity index (χ1) is 9.24. The highest BCUT2D eigenvalue weighted by atomic mass is 16.7. The number of rotatable bonds is 3. The third-order valence-corrected chi connectivity index (χ3v) is 3.72. The van der Waals surface area contributed by atoms with Gasteiger partial charge >= 0.3 is 0 Å². The molecule has 0 spiro atoms. The molecule has 19 heavy (non-hydrogen) atoms. The molecule has 2 heterocycles. The molecule has 0 saturated carbocycles. The first kappa shape index (κ1) is 12.6. The average Bonchev–Trinajstić information content (AvgIpc) is 2.86. The van der Waals surface area contributed by atoms with Crippen LogP contribution in [0.3, 0.4) is 0 Å². The van der Waals surface area contributed by atoms with Crippen LogP contribution in [0, 0.1) is 6.92 Å². The molecule has 104 valence electrons. The fraction of sp³-hybridized carbons (Fsp3) is 0.571. The van der Waals surface area contributed by atoms with E-state index in [9.17, 15) is 0 Å². The maximum atomic E-state index is 5.46. The maximum absolute atomic E-state index is 5.46. The number of anilines is 1. The van der Waals surface area contributed by atoms with Crippen molar-refractivity contribution in [2.75, 3.05) is 51.6 Å². The zero-order chi connectivity index (χ0) is 13.2. The summed E-state index contributed by atoms with van der Waals surface area (Å²) >= 11 is 0. The van der Waals surface area contributed by atoms with Gasteiger partial charge in [-0.25, -0.2) is 0 Å². The second-order valence-corrected chi connectivity index (χ2v) is 5.20. The van der Waals surface area contributed by atoms with Gasteiger partial charge in [0.1, 0.15) is 0 Å². The van der Waals surface area contributed by atoms with Gasteiger partial charge in [-0.1, -0.05) is 0 Å². The minimum Gasteiger partial charge on any atom is -0.454 e. The van der Waals surface area contributed by atoms with E-state index >= 15 is 0 Å². The minimum absolute atomic E-state index is 0.333. The number of piperazine rings is 1. The van der Waals surface area contributed by atoms with Crippen molar-refractivity contribution in [3.63, 3.8) is 0 Å². The van der Waals surface area contributed by atoms with E-state index in [0.29, 0.717) is 6.79 Å². The smallest absolute Gasteiger partial charge is 0.231 e. The molecule has 1 saturated heterocycles. The van der Waals surface area contributed by atoms with Crippen molar-refractivity contribution in [3.8, 4) is 11.5 Å². The van der Waals surface area contributed by atoms with Gasteiger partial charge < -0.3 is 19.7 Å². The monoisotopic (exact) mass is 263 g/mol. The van der Waals surface area contributed by atoms with Crippen molar-refractivity contribution in [2.24, 2.45) is 0 Å². The van der Waals surface area contributed by atoms with Gasteiger partial charge in [-0.2, -0.15) is 0 Å². The molecule has 0 aliphatic carbocycles. The topological polar surface area (TPSA) is 37.0 Å². The molecular weight excluding hydrogens is 242 g/mol. The van der Waals surface area contributed by atoms with Gasteiger partial charge in [-0.3, -0.25) is 4.90 Å². The van der Waals surface area contributed by atoms with Crippen LogP contribution in [0.5, 0.6) is 11.5 Å². The molecule has 2 aliphatic rings. The van der Waals surface area contributed by atoms with Gasteiger partial charge in [0.05, 0.1) is 6.67 Å². The summed E-state index contributed by atoms with van der Waals surface area (Å²) < 4.78 is 10.9. The lowest BCUT2D eigenvalue weighted by molar-refractivity contribution is 0.174. The molecule has 2 aliphatic heterocycles. The van der Waals surface area contributed by atoms with Crippen molar-refractivity contribution in [1.29, 1.82) is 0 Å². The second kappa shape index (κ2) is 5.27. The zero-order valence-electron chi connectivity index (χ0n) is 11.6. The first-order valence-corrected chi connectivity index (χ1v) is 6.78. The number of aryl methyl sites for hydroxylation is 1. The SMILES string of the molecule is Cc1cc2c(cc1N(C)CN1CCNCC1)OCO2. The predicted octanol–water partition coefficient (Wildman–Crippen LogP) is 1.02. The molecule has 1 fully saturated rings. The summed E-state index contributed by atoms with van der Waals surface area (Å²) in [5.41, 5.74) is 2.43. The standard InChI is InChI=1S/C14H21N3O2/c1-11-7-13-14(19-10-18-13)8-12(11)16(2)9-17-5-3-15-4-6-17/h7-8,15H,3-6,9-10H2,1-2H3. The Labute approximate surface area is 114 Å². The fourth-order valence-corrected chi connectivity index (χ4v) is 2.67. The molecule has 0 aromatic heterocycles. The van der Waals surface area contributed by atoms with Crippen LogP contribution >= 0.6 is 0 Å². The van der Waals surface area contributed by atoms with Crippen LogP contribution < -0.4 is 19.7 Å². The Morgan fingerprint density at radius 2 is 1.89 bits per heavy atom. The van der Waals surface area contributed by atoms with Crippen LogP contribution in [0.4, 0.5) is 5.69 Å². The van der Waals surface area contributed by atoms with Crippen LogP contribution in [-0.4, -0.2) is 51.6 Å². The summed E-state index contributed by atoms with van der Waals surface area (Å²) in [6, 6.07) is 4.14. The fourth-order valence-electron chi connectivity index (χ4n) is 2.67. The van der Waals surface area contributed by atoms with E-state index in [1.165, 1.54) is 11.3 Å². The van der Waals surface area contributed by atoms with Crippen LogP contribution in [0.15, 0.2) is 12.1 Å². The summed E-state index contributed by atoms with van der Waals surface area (Å²) in [4.78, 5) is 4.74. The molecule has 0 unspecified atom stereocenters. The number of fused-ring (bicyclic) bond motifs is 1. The first-order valence-electron chi connectivity index (χ1n) is 6.78. The van der Waals surface area contributed by atoms with Gasteiger partial charge in [-0.05, 0) is 18.6 Å². The molecule has 1 aromatic carbocycles. The lowest BCUT2D eigenvalue weighted by atomic mass is 10.1. The van der Waals surface area contributed by atoms with E-state index in [1.54, 1.807) is 0 Å². The Hall–Kier alpha value is -1.46. The Kier molecular flexibility index (Phi) is 3.48. The number of hydrogen-bond acceptors (Lipinski definition) is 5. The molecular formula is C14H21N3O2. The molecule has 5 nitrogen and oxygen atoms in total. The largest absolute Gasteiger partial charge is 0.454 e. The number of nitrogens with one attached hydrogen (secondary N) is 1. The highest BCUT2D eigenvalue weighted by Crippen LogP contribution is 2.37. The summed E-state index contributed by atoms with van der Waals surface area (Å²) in [5, 5.41) is 3.38. The third-order valence-electron chi connectivity index (χ3n) is 3.72. The van der Waals surface area contributed by atoms with Crippen molar-refractivity contribution < 1.29 is 9.47 Å². The molecule has 0 amide bonds. The van der Waals surface area contributed by atoms with E-state index < -0.39 is 0 Å². The number of nitrogens with zero attached hydrogens (tertiary/aromatic N) is 2. The van der Waals surface area contributed by atoms with Crippen molar-refractivity contribution in [1.82, 2.24) is 10.2 Å². The third kappa shape index (κ3) is 2.62. The Morgan fingerprint density at radius 3 is 2.63 bits per heavy atom. The quantitative estimate of drug-likeness (QED) is 0.881. The minimum atomic E-state index is 0.333. The van der Waals surface area contributed by atoms with Crippen LogP contribution in [0.1, 0.15) is 5.56 Å². The predicted molar refractivity (Wildman–Crippen MR) is 75.0 cm³/mol. The van der Waals surface area contributed by atoms with Crippen LogP contribution in [0.2, 0.25) is 0 Å². The van der Waals surface area contributed by atoms with Gasteiger partial charge in [0, 0.05) is 45.0 Å². The van der Waals surface area contributed by atoms with Crippen molar-refractivity contribution >= 4 is 5.69 Å². The van der Waals surface area contributed by atoms with Crippen LogP contribution in [0.25, 0.3) is 0 Å². The van der Waals surface area contributed by atoms with Gasteiger partial charge in [0.25, 0.3) is 0 Å². The van der Waals surface area contributed by atoms with Gasteiger partial charge in [-0.15, -0.1) is 0 Å². The van der Waals surface area contributed by atoms with E-state index in [1.807, 2.05) is 0 Å². The van der Waals surface area contributed by atoms with Crippen molar-refractivity contribution in [3.05, 3.63) is 17.7 Å². The lowest BCUT2D eigenvalue weighted by Gasteiger charge is -2.32. The second-order valence-electron chi connectivity index (χ2n) is 5.20. The highest BCUT2D eigenvalue weighted by Gasteiger charge is 2.19. The Bertz CT molecular complexity index is 458. The van der Waals surface area contributed by atoms with Crippen LogP contribution in [-0.2, 0) is 0 Å². The number of ether oxygens (including phenoxy) is 2. The van der Waals surface area contributed by atoms with Gasteiger partial charge in [0.2, 0.25) is 6.79 Å². The van der Waals surface area contributed by atoms with E-state index in [4.69, 9.17) is 9.47 Å². The summed E-state index contributed by atoms with van der Waals surface area (Å²) in [7, 11) is 2.13.